The van der Waals surface area contributed by atoms with Crippen molar-refractivity contribution in [2.75, 3.05) is 19.0 Å². The van der Waals surface area contributed by atoms with Gasteiger partial charge in [-0.25, -0.2) is 0 Å². The second kappa shape index (κ2) is 7.47. The first-order chi connectivity index (χ1) is 10.2. The largest absolute Gasteiger partial charge is 0.493 e. The summed E-state index contributed by atoms with van der Waals surface area (Å²) < 4.78 is 10.7. The number of anilines is 1. The molecule has 0 atom stereocenters. The fourth-order valence-electron chi connectivity index (χ4n) is 1.86. The number of hydrogen-bond acceptors (Lipinski definition) is 3. The molecule has 4 heteroatoms. The molecule has 1 N–H and O–H groups in total. The Balaban J connectivity index is 2.07. The lowest BCUT2D eigenvalue weighted by atomic mass is 10.2. The number of para-hydroxylation sites is 1. The normalized spacial score (nSPS) is 9.76. The van der Waals surface area contributed by atoms with E-state index < -0.39 is 0 Å². The average molecular weight is 302 g/mol. The number of hydrogen-bond donors (Lipinski definition) is 1. The van der Waals surface area contributed by atoms with Gasteiger partial charge in [0.05, 0.1) is 17.8 Å². The van der Waals surface area contributed by atoms with Crippen LogP contribution in [0.1, 0.15) is 5.56 Å². The van der Waals surface area contributed by atoms with Crippen molar-refractivity contribution in [3.05, 3.63) is 53.1 Å². The lowest BCUT2D eigenvalue weighted by Crippen LogP contribution is -2.02. The van der Waals surface area contributed by atoms with E-state index in [9.17, 15) is 0 Å². The van der Waals surface area contributed by atoms with E-state index in [-0.39, 0.29) is 6.61 Å². The Hall–Kier alpha value is -2.31. The Morgan fingerprint density at radius 1 is 1.19 bits per heavy atom. The van der Waals surface area contributed by atoms with Gasteiger partial charge >= 0.3 is 0 Å². The van der Waals surface area contributed by atoms with E-state index in [1.54, 1.807) is 7.11 Å². The maximum absolute atomic E-state index is 6.11. The maximum atomic E-state index is 6.11. The topological polar surface area (TPSA) is 30.5 Å². The SMILES string of the molecule is C#CCOc1ccc(CNc2ccccc2Cl)cc1OC. The van der Waals surface area contributed by atoms with Crippen molar-refractivity contribution in [1.29, 1.82) is 0 Å². The third-order valence-corrected chi connectivity index (χ3v) is 3.23. The van der Waals surface area contributed by atoms with Crippen LogP contribution in [-0.4, -0.2) is 13.7 Å². The molecule has 0 radical (unpaired) electrons. The summed E-state index contributed by atoms with van der Waals surface area (Å²) in [6.45, 7) is 0.850. The summed E-state index contributed by atoms with van der Waals surface area (Å²) in [7, 11) is 1.60. The molecule has 0 fully saturated rings. The Morgan fingerprint density at radius 2 is 2.00 bits per heavy atom. The van der Waals surface area contributed by atoms with Crippen LogP contribution in [0, 0.1) is 12.3 Å². The maximum Gasteiger partial charge on any atom is 0.162 e. The number of nitrogens with one attached hydrogen (secondary N) is 1. The lowest BCUT2D eigenvalue weighted by molar-refractivity contribution is 0.330. The minimum Gasteiger partial charge on any atom is -0.493 e. The van der Waals surface area contributed by atoms with Gasteiger partial charge in [0.15, 0.2) is 11.5 Å². The first kappa shape index (κ1) is 15.1. The van der Waals surface area contributed by atoms with Gasteiger partial charge in [-0.2, -0.15) is 0 Å². The van der Waals surface area contributed by atoms with E-state index in [4.69, 9.17) is 27.5 Å². The van der Waals surface area contributed by atoms with Gasteiger partial charge in [-0.1, -0.05) is 35.7 Å². The average Bonchev–Trinajstić information content (AvgIpc) is 2.52. The highest BCUT2D eigenvalue weighted by Crippen LogP contribution is 2.29. The van der Waals surface area contributed by atoms with Crippen molar-refractivity contribution in [2.45, 2.75) is 6.54 Å². The molecular formula is C17H16ClNO2. The fourth-order valence-corrected chi connectivity index (χ4v) is 2.07. The number of ether oxygens (including phenoxy) is 2. The zero-order chi connectivity index (χ0) is 15.1. The predicted octanol–water partition coefficient (Wildman–Crippen LogP) is 3.97. The van der Waals surface area contributed by atoms with E-state index in [0.29, 0.717) is 23.1 Å². The minimum absolute atomic E-state index is 0.216. The van der Waals surface area contributed by atoms with Gasteiger partial charge in [0, 0.05) is 6.54 Å². The number of halogens is 1. The molecule has 2 aromatic carbocycles. The quantitative estimate of drug-likeness (QED) is 0.819. The highest BCUT2D eigenvalue weighted by atomic mass is 35.5. The van der Waals surface area contributed by atoms with Gasteiger partial charge in [0.25, 0.3) is 0 Å². The highest BCUT2D eigenvalue weighted by molar-refractivity contribution is 6.33. The molecule has 0 aliphatic rings. The smallest absolute Gasteiger partial charge is 0.162 e. The predicted molar refractivity (Wildman–Crippen MR) is 86.1 cm³/mol. The number of rotatable bonds is 6. The number of terminal acetylenes is 1. The van der Waals surface area contributed by atoms with Crippen LogP contribution in [0.4, 0.5) is 5.69 Å². The minimum atomic E-state index is 0.216. The van der Waals surface area contributed by atoms with Crippen molar-refractivity contribution in [3.63, 3.8) is 0 Å². The van der Waals surface area contributed by atoms with E-state index in [0.717, 1.165) is 11.3 Å². The van der Waals surface area contributed by atoms with Gasteiger partial charge in [-0.3, -0.25) is 0 Å². The summed E-state index contributed by atoms with van der Waals surface area (Å²) >= 11 is 6.11. The summed E-state index contributed by atoms with van der Waals surface area (Å²) in [5, 5.41) is 3.98. The van der Waals surface area contributed by atoms with Gasteiger partial charge in [0.2, 0.25) is 0 Å². The molecule has 3 nitrogen and oxygen atoms in total. The molecule has 0 unspecified atom stereocenters. The van der Waals surface area contributed by atoms with Crippen LogP contribution < -0.4 is 14.8 Å². The number of benzene rings is 2. The summed E-state index contributed by atoms with van der Waals surface area (Å²) in [6, 6.07) is 13.3. The van der Waals surface area contributed by atoms with Crippen molar-refractivity contribution in [2.24, 2.45) is 0 Å². The molecule has 0 saturated heterocycles. The summed E-state index contributed by atoms with van der Waals surface area (Å²) in [4.78, 5) is 0. The van der Waals surface area contributed by atoms with Gasteiger partial charge in [0.1, 0.15) is 6.61 Å². The van der Waals surface area contributed by atoms with Crippen LogP contribution >= 0.6 is 11.6 Å². The first-order valence-electron chi connectivity index (χ1n) is 6.46. The molecule has 0 aromatic heterocycles. The molecular weight excluding hydrogens is 286 g/mol. The molecule has 2 rings (SSSR count). The van der Waals surface area contributed by atoms with Crippen LogP contribution in [0.15, 0.2) is 42.5 Å². The summed E-state index contributed by atoms with van der Waals surface area (Å²) in [5.74, 6) is 3.72. The molecule has 108 valence electrons. The highest BCUT2D eigenvalue weighted by Gasteiger charge is 2.06. The number of methoxy groups -OCH3 is 1. The molecule has 2 aromatic rings. The van der Waals surface area contributed by atoms with Gasteiger partial charge < -0.3 is 14.8 Å². The zero-order valence-corrected chi connectivity index (χ0v) is 12.5. The van der Waals surface area contributed by atoms with Crippen molar-refractivity contribution in [1.82, 2.24) is 0 Å². The van der Waals surface area contributed by atoms with E-state index >= 15 is 0 Å². The fraction of sp³-hybridized carbons (Fsp3) is 0.176. The molecule has 0 spiro atoms. The van der Waals surface area contributed by atoms with E-state index in [1.807, 2.05) is 42.5 Å². The Kier molecular flexibility index (Phi) is 5.36. The second-order valence-electron chi connectivity index (χ2n) is 4.31. The van der Waals surface area contributed by atoms with Crippen LogP contribution in [0.2, 0.25) is 5.02 Å². The zero-order valence-electron chi connectivity index (χ0n) is 11.7. The van der Waals surface area contributed by atoms with E-state index in [2.05, 4.69) is 11.2 Å². The molecule has 0 heterocycles. The second-order valence-corrected chi connectivity index (χ2v) is 4.72. The van der Waals surface area contributed by atoms with Crippen LogP contribution in [0.3, 0.4) is 0 Å². The third-order valence-electron chi connectivity index (χ3n) is 2.90. The Morgan fingerprint density at radius 3 is 2.71 bits per heavy atom. The van der Waals surface area contributed by atoms with Gasteiger partial charge in [-0.15, -0.1) is 6.42 Å². The van der Waals surface area contributed by atoms with Crippen LogP contribution in [-0.2, 0) is 6.54 Å². The standard InChI is InChI=1S/C17H16ClNO2/c1-3-10-21-16-9-8-13(11-17(16)20-2)12-19-15-7-5-4-6-14(15)18/h1,4-9,11,19H,10,12H2,2H3. The molecule has 0 saturated carbocycles. The summed E-state index contributed by atoms with van der Waals surface area (Å²) in [6.07, 6.45) is 5.19. The third kappa shape index (κ3) is 4.08. The Labute approximate surface area is 129 Å². The molecule has 0 bridgehead atoms. The summed E-state index contributed by atoms with van der Waals surface area (Å²) in [5.41, 5.74) is 1.95. The van der Waals surface area contributed by atoms with Gasteiger partial charge in [-0.05, 0) is 29.8 Å². The van der Waals surface area contributed by atoms with Crippen LogP contribution in [0.25, 0.3) is 0 Å². The first-order valence-corrected chi connectivity index (χ1v) is 6.84. The monoisotopic (exact) mass is 301 g/mol. The van der Waals surface area contributed by atoms with Crippen LogP contribution in [0.5, 0.6) is 11.5 Å². The lowest BCUT2D eigenvalue weighted by Gasteiger charge is -2.12. The molecule has 0 aliphatic heterocycles. The Bertz CT molecular complexity index is 649. The molecule has 0 amide bonds. The molecule has 21 heavy (non-hydrogen) atoms. The molecule has 0 aliphatic carbocycles. The van der Waals surface area contributed by atoms with Crippen molar-refractivity contribution in [3.8, 4) is 23.8 Å². The van der Waals surface area contributed by atoms with Crippen molar-refractivity contribution < 1.29 is 9.47 Å². The van der Waals surface area contributed by atoms with Crippen molar-refractivity contribution >= 4 is 17.3 Å². The van der Waals surface area contributed by atoms with E-state index in [1.165, 1.54) is 0 Å².